The standard InChI is InChI=1S/C16H15BrO5S/c1-10-4-6-13(17)9-16(10)23(19,20)22-14-7-5-12(11(2)18)8-15(14)21-3/h4-9H,1-3H3. The molecule has 7 heteroatoms. The Morgan fingerprint density at radius 2 is 1.78 bits per heavy atom. The second-order valence-electron chi connectivity index (χ2n) is 4.87. The van der Waals surface area contributed by atoms with Crippen LogP contribution in [0.1, 0.15) is 22.8 Å². The number of aryl methyl sites for hydroxylation is 1. The van der Waals surface area contributed by atoms with Gasteiger partial charge in [0, 0.05) is 10.0 Å². The summed E-state index contributed by atoms with van der Waals surface area (Å²) in [5.74, 6) is 0.0475. The number of ether oxygens (including phenoxy) is 1. The van der Waals surface area contributed by atoms with Crippen LogP contribution in [0.15, 0.2) is 45.8 Å². The predicted octanol–water partition coefficient (Wildman–Crippen LogP) is 3.74. The van der Waals surface area contributed by atoms with Crippen molar-refractivity contribution in [1.82, 2.24) is 0 Å². The van der Waals surface area contributed by atoms with Crippen molar-refractivity contribution in [2.24, 2.45) is 0 Å². The van der Waals surface area contributed by atoms with Crippen LogP contribution in [0.4, 0.5) is 0 Å². The highest BCUT2D eigenvalue weighted by molar-refractivity contribution is 9.10. The second kappa shape index (κ2) is 6.72. The zero-order valence-corrected chi connectivity index (χ0v) is 15.2. The Kier molecular flexibility index (Phi) is 5.11. The molecule has 0 spiro atoms. The van der Waals surface area contributed by atoms with Crippen molar-refractivity contribution in [2.45, 2.75) is 18.7 Å². The first-order valence-electron chi connectivity index (χ1n) is 6.64. The lowest BCUT2D eigenvalue weighted by atomic mass is 10.1. The molecule has 0 aliphatic heterocycles. The second-order valence-corrected chi connectivity index (χ2v) is 7.30. The molecule has 0 aliphatic rings. The minimum absolute atomic E-state index is 0.0249. The quantitative estimate of drug-likeness (QED) is 0.566. The minimum Gasteiger partial charge on any atom is -0.493 e. The number of carbonyl (C=O) groups excluding carboxylic acids is 1. The molecule has 2 aromatic carbocycles. The molecule has 23 heavy (non-hydrogen) atoms. The maximum absolute atomic E-state index is 12.5. The maximum Gasteiger partial charge on any atom is 0.339 e. The van der Waals surface area contributed by atoms with E-state index in [0.29, 0.717) is 15.6 Å². The van der Waals surface area contributed by atoms with Gasteiger partial charge in [-0.2, -0.15) is 8.42 Å². The Bertz CT molecular complexity index is 859. The molecule has 0 unspecified atom stereocenters. The van der Waals surface area contributed by atoms with E-state index in [0.717, 1.165) is 0 Å². The Balaban J connectivity index is 2.45. The molecule has 122 valence electrons. The topological polar surface area (TPSA) is 69.7 Å². The van der Waals surface area contributed by atoms with E-state index >= 15 is 0 Å². The Labute approximate surface area is 143 Å². The van der Waals surface area contributed by atoms with Gasteiger partial charge in [0.05, 0.1) is 7.11 Å². The summed E-state index contributed by atoms with van der Waals surface area (Å²) in [5, 5.41) is 0. The predicted molar refractivity (Wildman–Crippen MR) is 89.7 cm³/mol. The highest BCUT2D eigenvalue weighted by Crippen LogP contribution is 2.32. The summed E-state index contributed by atoms with van der Waals surface area (Å²) in [4.78, 5) is 11.5. The van der Waals surface area contributed by atoms with Gasteiger partial charge in [-0.05, 0) is 49.7 Å². The number of carbonyl (C=O) groups is 1. The van der Waals surface area contributed by atoms with Crippen molar-refractivity contribution >= 4 is 31.8 Å². The molecule has 0 aliphatic carbocycles. The number of ketones is 1. The molecule has 0 bridgehead atoms. The van der Waals surface area contributed by atoms with E-state index in [9.17, 15) is 13.2 Å². The van der Waals surface area contributed by atoms with E-state index < -0.39 is 10.1 Å². The molecule has 5 nitrogen and oxygen atoms in total. The van der Waals surface area contributed by atoms with Gasteiger partial charge in [0.2, 0.25) is 0 Å². The highest BCUT2D eigenvalue weighted by Gasteiger charge is 2.22. The number of rotatable bonds is 5. The van der Waals surface area contributed by atoms with E-state index in [2.05, 4.69) is 15.9 Å². The Morgan fingerprint density at radius 1 is 1.09 bits per heavy atom. The number of halogens is 1. The van der Waals surface area contributed by atoms with Gasteiger partial charge in [-0.15, -0.1) is 0 Å². The summed E-state index contributed by atoms with van der Waals surface area (Å²) in [6.07, 6.45) is 0. The Morgan fingerprint density at radius 3 is 2.39 bits per heavy atom. The van der Waals surface area contributed by atoms with Crippen molar-refractivity contribution in [3.05, 3.63) is 52.0 Å². The summed E-state index contributed by atoms with van der Waals surface area (Å²) >= 11 is 3.25. The van der Waals surface area contributed by atoms with Crippen molar-refractivity contribution in [3.8, 4) is 11.5 Å². The molecular weight excluding hydrogens is 384 g/mol. The van der Waals surface area contributed by atoms with Crippen molar-refractivity contribution < 1.29 is 22.1 Å². The molecule has 0 radical (unpaired) electrons. The van der Waals surface area contributed by atoms with E-state index in [1.165, 1.54) is 38.3 Å². The van der Waals surface area contributed by atoms with Gasteiger partial charge in [-0.25, -0.2) is 0 Å². The number of Topliss-reactive ketones (excluding diaryl/α,β-unsaturated/α-hetero) is 1. The van der Waals surface area contributed by atoms with Gasteiger partial charge in [-0.1, -0.05) is 22.0 Å². The summed E-state index contributed by atoms with van der Waals surface area (Å²) in [6.45, 7) is 3.09. The number of hydrogen-bond donors (Lipinski definition) is 0. The number of hydrogen-bond acceptors (Lipinski definition) is 5. The monoisotopic (exact) mass is 398 g/mol. The first kappa shape index (κ1) is 17.5. The van der Waals surface area contributed by atoms with Crippen molar-refractivity contribution in [3.63, 3.8) is 0 Å². The Hall–Kier alpha value is -1.86. The lowest BCUT2D eigenvalue weighted by Gasteiger charge is -2.13. The maximum atomic E-state index is 12.5. The molecule has 0 N–H and O–H groups in total. The van der Waals surface area contributed by atoms with E-state index in [1.54, 1.807) is 19.1 Å². The van der Waals surface area contributed by atoms with Crippen LogP contribution >= 0.6 is 15.9 Å². The van der Waals surface area contributed by atoms with Gasteiger partial charge >= 0.3 is 10.1 Å². The third-order valence-corrected chi connectivity index (χ3v) is 5.06. The minimum atomic E-state index is -4.03. The SMILES string of the molecule is COc1cc(C(C)=O)ccc1OS(=O)(=O)c1cc(Br)ccc1C. The van der Waals surface area contributed by atoms with Crippen LogP contribution in [0.3, 0.4) is 0 Å². The largest absolute Gasteiger partial charge is 0.493 e. The van der Waals surface area contributed by atoms with E-state index in [1.807, 2.05) is 0 Å². The van der Waals surface area contributed by atoms with Crippen molar-refractivity contribution in [1.29, 1.82) is 0 Å². The molecule has 0 fully saturated rings. The number of methoxy groups -OCH3 is 1. The van der Waals surface area contributed by atoms with Crippen molar-refractivity contribution in [2.75, 3.05) is 7.11 Å². The molecular formula is C16H15BrO5S. The first-order valence-corrected chi connectivity index (χ1v) is 8.84. The molecule has 0 amide bonds. The lowest BCUT2D eigenvalue weighted by molar-refractivity contribution is 0.101. The summed E-state index contributed by atoms with van der Waals surface area (Å²) in [5.41, 5.74) is 0.970. The lowest BCUT2D eigenvalue weighted by Crippen LogP contribution is -2.12. The summed E-state index contributed by atoms with van der Waals surface area (Å²) in [7, 11) is -2.65. The normalized spacial score (nSPS) is 11.1. The first-order chi connectivity index (χ1) is 10.7. The van der Waals surface area contributed by atoms with Crippen LogP contribution in [0.2, 0.25) is 0 Å². The van der Waals surface area contributed by atoms with E-state index in [-0.39, 0.29) is 22.2 Å². The highest BCUT2D eigenvalue weighted by atomic mass is 79.9. The molecule has 2 rings (SSSR count). The van der Waals surface area contributed by atoms with Gasteiger partial charge in [-0.3, -0.25) is 4.79 Å². The van der Waals surface area contributed by atoms with Crippen LogP contribution in [0.5, 0.6) is 11.5 Å². The van der Waals surface area contributed by atoms with Crippen LogP contribution < -0.4 is 8.92 Å². The zero-order valence-electron chi connectivity index (χ0n) is 12.8. The van der Waals surface area contributed by atoms with Crippen LogP contribution in [0, 0.1) is 6.92 Å². The molecule has 0 heterocycles. The van der Waals surface area contributed by atoms with Gasteiger partial charge < -0.3 is 8.92 Å². The number of benzene rings is 2. The fourth-order valence-electron chi connectivity index (χ4n) is 1.96. The average molecular weight is 399 g/mol. The average Bonchev–Trinajstić information content (AvgIpc) is 2.49. The van der Waals surface area contributed by atoms with Crippen LogP contribution in [-0.4, -0.2) is 21.3 Å². The van der Waals surface area contributed by atoms with Gasteiger partial charge in [0.15, 0.2) is 17.3 Å². The van der Waals surface area contributed by atoms with Gasteiger partial charge in [0.1, 0.15) is 4.90 Å². The molecule has 0 aromatic heterocycles. The molecule has 0 saturated carbocycles. The van der Waals surface area contributed by atoms with E-state index in [4.69, 9.17) is 8.92 Å². The fourth-order valence-corrected chi connectivity index (χ4v) is 3.67. The van der Waals surface area contributed by atoms with Crippen LogP contribution in [0.25, 0.3) is 0 Å². The van der Waals surface area contributed by atoms with Gasteiger partial charge in [0.25, 0.3) is 0 Å². The molecule has 0 saturated heterocycles. The molecule has 0 atom stereocenters. The summed E-state index contributed by atoms with van der Waals surface area (Å²) < 4.78 is 35.9. The third-order valence-electron chi connectivity index (χ3n) is 3.19. The fraction of sp³-hybridized carbons (Fsp3) is 0.188. The third kappa shape index (κ3) is 3.92. The van der Waals surface area contributed by atoms with Crippen LogP contribution in [-0.2, 0) is 10.1 Å². The zero-order chi connectivity index (χ0) is 17.2. The summed E-state index contributed by atoms with van der Waals surface area (Å²) in [6, 6.07) is 9.24. The molecule has 2 aromatic rings. The smallest absolute Gasteiger partial charge is 0.339 e.